The molecule has 2 aromatic carbocycles. The lowest BCUT2D eigenvalue weighted by molar-refractivity contribution is -0.139. The zero-order valence-electron chi connectivity index (χ0n) is 28.2. The second kappa shape index (κ2) is 16.1. The third kappa shape index (κ3) is 9.52. The molecule has 8 nitrogen and oxygen atoms in total. The molecule has 3 aromatic rings. The molecule has 13 heteroatoms. The number of aromatic nitrogens is 2. The average Bonchev–Trinajstić information content (AvgIpc) is 2.98. The van der Waals surface area contributed by atoms with Crippen LogP contribution in [0, 0.1) is 25.5 Å². The summed E-state index contributed by atoms with van der Waals surface area (Å²) in [5, 5.41) is 16.5. The van der Waals surface area contributed by atoms with Gasteiger partial charge in [-0.3, -0.25) is 14.4 Å². The lowest BCUT2D eigenvalue weighted by atomic mass is 9.88. The highest BCUT2D eigenvalue weighted by Gasteiger charge is 2.37. The predicted molar refractivity (Wildman–Crippen MR) is 175 cm³/mol. The van der Waals surface area contributed by atoms with Gasteiger partial charge in [-0.15, -0.1) is 0 Å². The largest absolute Gasteiger partial charge is 0.481 e. The molecule has 2 N–H and O–H groups in total. The van der Waals surface area contributed by atoms with Crippen LogP contribution in [0.25, 0.3) is 11.1 Å². The van der Waals surface area contributed by atoms with Gasteiger partial charge in [0.1, 0.15) is 17.7 Å². The first-order valence-corrected chi connectivity index (χ1v) is 16.5. The highest BCUT2D eigenvalue weighted by molar-refractivity contribution is 5.82. The van der Waals surface area contributed by atoms with Gasteiger partial charge in [0.25, 0.3) is 5.56 Å². The molecule has 0 spiro atoms. The molecule has 1 amide bonds. The molecule has 1 aromatic heterocycles. The van der Waals surface area contributed by atoms with Crippen molar-refractivity contribution in [3.63, 3.8) is 0 Å². The molecule has 266 valence electrons. The normalized spacial score (nSPS) is 17.9. The van der Waals surface area contributed by atoms with E-state index in [1.807, 2.05) is 0 Å². The van der Waals surface area contributed by atoms with Gasteiger partial charge in [-0.2, -0.15) is 18.3 Å². The van der Waals surface area contributed by atoms with E-state index in [-0.39, 0.29) is 29.7 Å². The van der Waals surface area contributed by atoms with Crippen LogP contribution in [0.4, 0.5) is 22.0 Å². The van der Waals surface area contributed by atoms with Crippen LogP contribution in [0.2, 0.25) is 0 Å². The van der Waals surface area contributed by atoms with Crippen LogP contribution in [-0.4, -0.2) is 52.3 Å². The Hall–Kier alpha value is -4.13. The standard InChI is InChI=1S/C36H43F5N4O4/c1-21-16-25(37)17-23-11-8-6-5-7-9-13-30(45-31(46)19-27(36(39,40)41)28(43-45)12-10-14-44(3)4)35(49)42-29(20-32(47)48)26-18-24(33(21)23)15-22(2)34(26)38/h15-19,29-30H,5-14,20H2,1-4H3,(H,42,49)(H,47,48)/t29-,30-/m0/s1. The topological polar surface area (TPSA) is 105 Å². The number of hydrogen-bond acceptors (Lipinski definition) is 5. The number of rotatable bonds is 7. The van der Waals surface area contributed by atoms with Gasteiger partial charge in [0.2, 0.25) is 5.91 Å². The highest BCUT2D eigenvalue weighted by Crippen LogP contribution is 2.36. The first-order valence-electron chi connectivity index (χ1n) is 16.5. The Labute approximate surface area is 282 Å². The van der Waals surface area contributed by atoms with Crippen LogP contribution in [-0.2, 0) is 28.6 Å². The van der Waals surface area contributed by atoms with Gasteiger partial charge < -0.3 is 15.3 Å². The van der Waals surface area contributed by atoms with Crippen LogP contribution in [0.15, 0.2) is 35.1 Å². The summed E-state index contributed by atoms with van der Waals surface area (Å²) in [6.45, 7) is 3.70. The molecule has 0 radical (unpaired) electrons. The third-order valence-electron chi connectivity index (χ3n) is 8.90. The van der Waals surface area contributed by atoms with Gasteiger partial charge in [-0.1, -0.05) is 25.7 Å². The minimum atomic E-state index is -4.85. The molecule has 2 bridgehead atoms. The number of carbonyl (C=O) groups is 2. The summed E-state index contributed by atoms with van der Waals surface area (Å²) < 4.78 is 73.1. The zero-order chi connectivity index (χ0) is 36.0. The van der Waals surface area contributed by atoms with Crippen molar-refractivity contribution in [2.24, 2.45) is 0 Å². The lowest BCUT2D eigenvalue weighted by Crippen LogP contribution is -2.41. The number of amides is 1. The minimum Gasteiger partial charge on any atom is -0.481 e. The van der Waals surface area contributed by atoms with E-state index in [1.165, 1.54) is 25.1 Å². The van der Waals surface area contributed by atoms with Crippen molar-refractivity contribution in [2.75, 3.05) is 20.6 Å². The number of hydrogen-bond donors (Lipinski definition) is 2. The van der Waals surface area contributed by atoms with Crippen molar-refractivity contribution in [3.8, 4) is 11.1 Å². The maximum Gasteiger partial charge on any atom is 0.418 e. The highest BCUT2D eigenvalue weighted by atomic mass is 19.4. The summed E-state index contributed by atoms with van der Waals surface area (Å²) in [6, 6.07) is 3.53. The number of alkyl halides is 3. The molecule has 2 atom stereocenters. The Morgan fingerprint density at radius 1 is 1.00 bits per heavy atom. The number of carboxylic acid groups (broad SMARTS) is 1. The van der Waals surface area contributed by atoms with Crippen molar-refractivity contribution in [1.29, 1.82) is 0 Å². The number of halogens is 5. The zero-order valence-corrected chi connectivity index (χ0v) is 28.2. The Bertz CT molecular complexity index is 1740. The molecule has 0 unspecified atom stereocenters. The molecule has 49 heavy (non-hydrogen) atoms. The van der Waals surface area contributed by atoms with Crippen LogP contribution in [0.5, 0.6) is 0 Å². The summed E-state index contributed by atoms with van der Waals surface area (Å²) in [7, 11) is 3.55. The number of fused-ring (bicyclic) bond motifs is 4. The molecule has 0 fully saturated rings. The molecule has 1 aliphatic heterocycles. The van der Waals surface area contributed by atoms with Crippen molar-refractivity contribution < 1.29 is 36.6 Å². The predicted octanol–water partition coefficient (Wildman–Crippen LogP) is 7.09. The summed E-state index contributed by atoms with van der Waals surface area (Å²) in [5.74, 6) is -3.36. The average molecular weight is 691 g/mol. The fraction of sp³-hybridized carbons (Fsp3) is 0.500. The number of carboxylic acids is 1. The Morgan fingerprint density at radius 2 is 1.69 bits per heavy atom. The van der Waals surface area contributed by atoms with E-state index in [1.54, 1.807) is 32.0 Å². The van der Waals surface area contributed by atoms with E-state index < -0.39 is 59.3 Å². The van der Waals surface area contributed by atoms with Crippen molar-refractivity contribution >= 4 is 11.9 Å². The van der Waals surface area contributed by atoms with E-state index in [2.05, 4.69) is 10.4 Å². The number of carbonyl (C=O) groups excluding carboxylic acids is 1. The van der Waals surface area contributed by atoms with Crippen LogP contribution < -0.4 is 10.9 Å². The second-order valence-electron chi connectivity index (χ2n) is 13.1. The Balaban J connectivity index is 1.85. The number of benzene rings is 2. The van der Waals surface area contributed by atoms with Crippen LogP contribution in [0.3, 0.4) is 0 Å². The maximum absolute atomic E-state index is 15.9. The van der Waals surface area contributed by atoms with Crippen molar-refractivity contribution in [1.82, 2.24) is 20.0 Å². The van der Waals surface area contributed by atoms with Gasteiger partial charge in [-0.05, 0) is 119 Å². The monoisotopic (exact) mass is 690 g/mol. The molecule has 0 aliphatic carbocycles. The van der Waals surface area contributed by atoms with Gasteiger partial charge in [0, 0.05) is 11.6 Å². The van der Waals surface area contributed by atoms with Crippen molar-refractivity contribution in [3.05, 3.63) is 85.8 Å². The molecule has 0 saturated carbocycles. The van der Waals surface area contributed by atoms with E-state index in [4.69, 9.17) is 0 Å². The smallest absolute Gasteiger partial charge is 0.418 e. The van der Waals surface area contributed by atoms with E-state index in [0.29, 0.717) is 61.4 Å². The number of nitrogens with zero attached hydrogens (tertiary/aromatic N) is 3. The fourth-order valence-corrected chi connectivity index (χ4v) is 6.57. The quantitative estimate of drug-likeness (QED) is 0.257. The SMILES string of the molecule is Cc1cc2cc(c1F)[C@H](CC(=O)O)NC(=O)[C@@H](n1nc(CCCN(C)C)c(C(F)(F)F)cc1=O)CCCCCCCc1cc(F)cc(C)c1-2. The number of nitrogens with one attached hydrogen (secondary N) is 1. The third-order valence-corrected chi connectivity index (χ3v) is 8.90. The summed E-state index contributed by atoms with van der Waals surface area (Å²) in [6.07, 6.45) is -1.56. The van der Waals surface area contributed by atoms with E-state index >= 15 is 4.39 Å². The van der Waals surface area contributed by atoms with E-state index in [9.17, 15) is 37.1 Å². The summed E-state index contributed by atoms with van der Waals surface area (Å²) in [4.78, 5) is 41.1. The molecular weight excluding hydrogens is 647 g/mol. The Morgan fingerprint density at radius 3 is 2.37 bits per heavy atom. The summed E-state index contributed by atoms with van der Waals surface area (Å²) >= 11 is 0. The molecule has 0 saturated heterocycles. The molecule has 1 aliphatic rings. The second-order valence-corrected chi connectivity index (χ2v) is 13.1. The number of aliphatic carboxylic acids is 1. The first kappa shape index (κ1) is 37.7. The molecular formula is C36H43F5N4O4. The van der Waals surface area contributed by atoms with Crippen molar-refractivity contribution in [2.45, 2.75) is 96.3 Å². The molecule has 2 heterocycles. The van der Waals surface area contributed by atoms with Gasteiger partial charge in [0.05, 0.1) is 23.7 Å². The number of aryl methyl sites for hydroxylation is 4. The maximum atomic E-state index is 15.9. The van der Waals surface area contributed by atoms with Gasteiger partial charge >= 0.3 is 12.1 Å². The first-order chi connectivity index (χ1) is 23.1. The summed E-state index contributed by atoms with van der Waals surface area (Å²) in [5.41, 5.74) is -0.0653. The van der Waals surface area contributed by atoms with Crippen LogP contribution >= 0.6 is 0 Å². The fourth-order valence-electron chi connectivity index (χ4n) is 6.57. The van der Waals surface area contributed by atoms with Gasteiger partial charge in [0.15, 0.2) is 0 Å². The van der Waals surface area contributed by atoms with Crippen LogP contribution in [0.1, 0.15) is 97.0 Å². The minimum absolute atomic E-state index is 0.0236. The molecule has 4 rings (SSSR count). The lowest BCUT2D eigenvalue weighted by Gasteiger charge is -2.25. The van der Waals surface area contributed by atoms with E-state index in [0.717, 1.165) is 23.1 Å². The van der Waals surface area contributed by atoms with Gasteiger partial charge in [-0.25, -0.2) is 13.5 Å². The Kier molecular flexibility index (Phi) is 12.3.